The van der Waals surface area contributed by atoms with Gasteiger partial charge in [-0.25, -0.2) is 0 Å². The van der Waals surface area contributed by atoms with E-state index in [2.05, 4.69) is 5.32 Å². The molecule has 1 rings (SSSR count). The van der Waals surface area contributed by atoms with Gasteiger partial charge in [0.15, 0.2) is 0 Å². The minimum Gasteiger partial charge on any atom is -0.427 e. The zero-order valence-corrected chi connectivity index (χ0v) is 11.3. The summed E-state index contributed by atoms with van der Waals surface area (Å²) in [6.45, 7) is 5.49. The lowest BCUT2D eigenvalue weighted by molar-refractivity contribution is -0.174. The third kappa shape index (κ3) is 4.27. The summed E-state index contributed by atoms with van der Waals surface area (Å²) in [6, 6.07) is -0.386. The van der Waals surface area contributed by atoms with Crippen LogP contribution < -0.4 is 5.32 Å². The van der Waals surface area contributed by atoms with Gasteiger partial charge in [-0.2, -0.15) is 0 Å². The molecule has 0 aromatic carbocycles. The molecular weight excluding hydrogens is 238 g/mol. The first-order chi connectivity index (χ1) is 8.34. The van der Waals surface area contributed by atoms with Gasteiger partial charge in [-0.15, -0.1) is 0 Å². The van der Waals surface area contributed by atoms with Crippen molar-refractivity contribution in [3.63, 3.8) is 0 Å². The Morgan fingerprint density at radius 1 is 1.28 bits per heavy atom. The van der Waals surface area contributed by atoms with Gasteiger partial charge in [0.25, 0.3) is 0 Å². The number of carbonyl (C=O) groups is 2. The van der Waals surface area contributed by atoms with Gasteiger partial charge in [0.1, 0.15) is 6.04 Å². The highest BCUT2D eigenvalue weighted by Gasteiger charge is 2.31. The van der Waals surface area contributed by atoms with Crippen molar-refractivity contribution in [2.75, 3.05) is 20.4 Å². The Morgan fingerprint density at radius 2 is 1.94 bits per heavy atom. The van der Waals surface area contributed by atoms with E-state index >= 15 is 0 Å². The summed E-state index contributed by atoms with van der Waals surface area (Å²) in [7, 11) is 1.60. The van der Waals surface area contributed by atoms with E-state index in [9.17, 15) is 9.59 Å². The predicted octanol–water partition coefficient (Wildman–Crippen LogP) is 0.453. The van der Waals surface area contributed by atoms with Gasteiger partial charge in [0.2, 0.25) is 6.79 Å². The molecule has 1 saturated heterocycles. The van der Waals surface area contributed by atoms with Crippen LogP contribution in [-0.2, 0) is 23.8 Å². The summed E-state index contributed by atoms with van der Waals surface area (Å²) in [6.07, 6.45) is 0.599. The lowest BCUT2D eigenvalue weighted by Gasteiger charge is -2.17. The van der Waals surface area contributed by atoms with Crippen molar-refractivity contribution in [2.45, 2.75) is 39.3 Å². The molecule has 0 radical (unpaired) electrons. The lowest BCUT2D eigenvalue weighted by Crippen LogP contribution is -2.33. The zero-order chi connectivity index (χ0) is 13.8. The van der Waals surface area contributed by atoms with Gasteiger partial charge in [0.05, 0.1) is 11.5 Å². The number of hydrogen-bond acceptors (Lipinski definition) is 6. The highest BCUT2D eigenvalue weighted by atomic mass is 16.7. The molecule has 0 aliphatic carbocycles. The van der Waals surface area contributed by atoms with Crippen LogP contribution in [0.4, 0.5) is 0 Å². The third-order valence-electron chi connectivity index (χ3n) is 2.71. The zero-order valence-electron chi connectivity index (χ0n) is 11.3. The van der Waals surface area contributed by atoms with Crippen LogP contribution in [0.3, 0.4) is 0 Å². The summed E-state index contributed by atoms with van der Waals surface area (Å²) in [5, 5.41) is 2.99. The van der Waals surface area contributed by atoms with E-state index in [4.69, 9.17) is 14.2 Å². The maximum Gasteiger partial charge on any atom is 0.326 e. The Balaban J connectivity index is 2.24. The van der Waals surface area contributed by atoms with Crippen molar-refractivity contribution in [3.05, 3.63) is 0 Å². The van der Waals surface area contributed by atoms with Crippen LogP contribution >= 0.6 is 0 Å². The lowest BCUT2D eigenvalue weighted by atomic mass is 9.98. The molecule has 0 bridgehead atoms. The van der Waals surface area contributed by atoms with Crippen LogP contribution in [0.25, 0.3) is 0 Å². The van der Waals surface area contributed by atoms with Crippen LogP contribution in [0, 0.1) is 5.41 Å². The van der Waals surface area contributed by atoms with E-state index in [0.29, 0.717) is 13.0 Å². The van der Waals surface area contributed by atoms with E-state index < -0.39 is 17.4 Å². The van der Waals surface area contributed by atoms with Crippen LogP contribution in [0.1, 0.15) is 27.2 Å². The van der Waals surface area contributed by atoms with E-state index in [0.717, 1.165) is 0 Å². The molecule has 1 aliphatic rings. The highest BCUT2D eigenvalue weighted by Crippen LogP contribution is 2.15. The molecule has 0 aromatic heterocycles. The van der Waals surface area contributed by atoms with Crippen molar-refractivity contribution in [3.8, 4) is 0 Å². The number of rotatable bonds is 4. The fraction of sp³-hybridized carbons (Fsp3) is 0.833. The van der Waals surface area contributed by atoms with E-state index in [1.807, 2.05) is 0 Å². The topological polar surface area (TPSA) is 73.9 Å². The van der Waals surface area contributed by atoms with Crippen molar-refractivity contribution in [1.29, 1.82) is 0 Å². The van der Waals surface area contributed by atoms with Crippen LogP contribution in [-0.4, -0.2) is 44.5 Å². The fourth-order valence-corrected chi connectivity index (χ4v) is 1.52. The number of esters is 2. The van der Waals surface area contributed by atoms with Crippen molar-refractivity contribution in [2.24, 2.45) is 5.41 Å². The van der Waals surface area contributed by atoms with Crippen molar-refractivity contribution >= 4 is 11.9 Å². The average Bonchev–Trinajstić information content (AvgIpc) is 2.75. The van der Waals surface area contributed by atoms with Crippen LogP contribution in [0.2, 0.25) is 0 Å². The molecule has 1 fully saturated rings. The molecule has 0 spiro atoms. The van der Waals surface area contributed by atoms with E-state index in [1.54, 1.807) is 27.9 Å². The number of ether oxygens (including phenoxy) is 3. The van der Waals surface area contributed by atoms with Gasteiger partial charge in [-0.3, -0.25) is 9.59 Å². The number of methoxy groups -OCH3 is 1. The molecule has 0 amide bonds. The molecule has 1 heterocycles. The molecule has 1 unspecified atom stereocenters. The Bertz CT molecular complexity index is 310. The second-order valence-corrected chi connectivity index (χ2v) is 5.32. The standard InChI is InChI=1S/C12H21NO5/c1-12(2,3)11(15)18-7-17-10(14)9-5-8(16-4)6-13-9/h8-9,13H,5-7H2,1-4H3/t8?,9-/m0/s1. The third-order valence-corrected chi connectivity index (χ3v) is 2.71. The van der Waals surface area contributed by atoms with Gasteiger partial charge >= 0.3 is 11.9 Å². The Labute approximate surface area is 107 Å². The second-order valence-electron chi connectivity index (χ2n) is 5.32. The Kier molecular flexibility index (Phi) is 5.10. The largest absolute Gasteiger partial charge is 0.427 e. The summed E-state index contributed by atoms with van der Waals surface area (Å²) >= 11 is 0. The Morgan fingerprint density at radius 3 is 2.44 bits per heavy atom. The average molecular weight is 259 g/mol. The molecule has 0 saturated carbocycles. The van der Waals surface area contributed by atoms with Crippen molar-refractivity contribution < 1.29 is 23.8 Å². The smallest absolute Gasteiger partial charge is 0.326 e. The van der Waals surface area contributed by atoms with E-state index in [1.165, 1.54) is 0 Å². The van der Waals surface area contributed by atoms with E-state index in [-0.39, 0.29) is 18.9 Å². The predicted molar refractivity (Wildman–Crippen MR) is 63.7 cm³/mol. The number of nitrogens with one attached hydrogen (secondary N) is 1. The fourth-order valence-electron chi connectivity index (χ4n) is 1.52. The van der Waals surface area contributed by atoms with Gasteiger partial charge in [0, 0.05) is 20.1 Å². The SMILES string of the molecule is COC1CN[C@H](C(=O)OCOC(=O)C(C)(C)C)C1. The van der Waals surface area contributed by atoms with Gasteiger partial charge in [-0.05, 0) is 20.8 Å². The van der Waals surface area contributed by atoms with Crippen LogP contribution in [0.15, 0.2) is 0 Å². The molecule has 0 aromatic rings. The number of carbonyl (C=O) groups excluding carboxylic acids is 2. The maximum atomic E-state index is 11.6. The van der Waals surface area contributed by atoms with Gasteiger partial charge in [-0.1, -0.05) is 0 Å². The molecule has 6 heteroatoms. The molecule has 1 aliphatic heterocycles. The molecule has 104 valence electrons. The highest BCUT2D eigenvalue weighted by molar-refractivity contribution is 5.77. The second kappa shape index (κ2) is 6.15. The first-order valence-corrected chi connectivity index (χ1v) is 5.94. The first-order valence-electron chi connectivity index (χ1n) is 5.94. The summed E-state index contributed by atoms with van der Waals surface area (Å²) in [5.41, 5.74) is -0.598. The minimum atomic E-state index is -0.598. The summed E-state index contributed by atoms with van der Waals surface area (Å²) < 4.78 is 14.9. The summed E-state index contributed by atoms with van der Waals surface area (Å²) in [5.74, 6) is -0.819. The van der Waals surface area contributed by atoms with Gasteiger partial charge < -0.3 is 19.5 Å². The number of hydrogen-bond donors (Lipinski definition) is 1. The Hall–Kier alpha value is -1.14. The normalized spacial score (nSPS) is 23.8. The van der Waals surface area contributed by atoms with Crippen LogP contribution in [0.5, 0.6) is 0 Å². The molecular formula is C12H21NO5. The summed E-state index contributed by atoms with van der Waals surface area (Å²) in [4.78, 5) is 23.0. The molecule has 1 N–H and O–H groups in total. The first kappa shape index (κ1) is 14.9. The molecule has 18 heavy (non-hydrogen) atoms. The van der Waals surface area contributed by atoms with Crippen molar-refractivity contribution in [1.82, 2.24) is 5.32 Å². The minimum absolute atomic E-state index is 0.0275. The quantitative estimate of drug-likeness (QED) is 0.584. The molecule has 6 nitrogen and oxygen atoms in total. The molecule has 2 atom stereocenters. The maximum absolute atomic E-state index is 11.6. The monoisotopic (exact) mass is 259 g/mol.